The van der Waals surface area contributed by atoms with Crippen molar-refractivity contribution in [3.63, 3.8) is 0 Å². The van der Waals surface area contributed by atoms with Crippen LogP contribution in [0.3, 0.4) is 0 Å². The molecule has 0 aromatic heterocycles. The molecule has 0 atom stereocenters. The van der Waals surface area contributed by atoms with Gasteiger partial charge >= 0.3 is 0 Å². The predicted molar refractivity (Wildman–Crippen MR) is 77.7 cm³/mol. The van der Waals surface area contributed by atoms with Crippen LogP contribution in [0.5, 0.6) is 0 Å². The van der Waals surface area contributed by atoms with E-state index in [1.165, 1.54) is 37.8 Å². The summed E-state index contributed by atoms with van der Waals surface area (Å²) in [6, 6.07) is 4.57. The standard InChI is InChI=1S/C14H19ClN2O2/c1-10-2-4-11(5-3-10)9-16-14-7-6-12(17(18)19)8-13(14)15/h6-8,10-11,16H,2-5,9H2,1H3. The minimum Gasteiger partial charge on any atom is -0.384 e. The van der Waals surface area contributed by atoms with E-state index in [1.807, 2.05) is 0 Å². The van der Waals surface area contributed by atoms with E-state index in [2.05, 4.69) is 12.2 Å². The second kappa shape index (κ2) is 6.24. The van der Waals surface area contributed by atoms with Crippen LogP contribution in [0.15, 0.2) is 18.2 Å². The van der Waals surface area contributed by atoms with Gasteiger partial charge < -0.3 is 5.32 Å². The fourth-order valence-corrected chi connectivity index (χ4v) is 2.79. The third-order valence-corrected chi connectivity index (χ3v) is 4.19. The van der Waals surface area contributed by atoms with Gasteiger partial charge in [-0.2, -0.15) is 0 Å². The summed E-state index contributed by atoms with van der Waals surface area (Å²) in [4.78, 5) is 10.2. The van der Waals surface area contributed by atoms with Gasteiger partial charge in [0.05, 0.1) is 15.6 Å². The lowest BCUT2D eigenvalue weighted by Gasteiger charge is -2.26. The molecule has 1 aromatic carbocycles. The molecule has 0 heterocycles. The first-order valence-corrected chi connectivity index (χ1v) is 7.12. The number of nitro groups is 1. The van der Waals surface area contributed by atoms with Crippen LogP contribution in [0.4, 0.5) is 11.4 Å². The third kappa shape index (κ3) is 3.83. The van der Waals surface area contributed by atoms with Gasteiger partial charge in [-0.3, -0.25) is 10.1 Å². The molecule has 0 radical (unpaired) electrons. The summed E-state index contributed by atoms with van der Waals surface area (Å²) < 4.78 is 0. The number of hydrogen-bond acceptors (Lipinski definition) is 3. The minimum atomic E-state index is -0.432. The van der Waals surface area contributed by atoms with E-state index < -0.39 is 4.92 Å². The maximum atomic E-state index is 10.6. The molecule has 0 bridgehead atoms. The van der Waals surface area contributed by atoms with E-state index in [0.29, 0.717) is 10.9 Å². The van der Waals surface area contributed by atoms with Gasteiger partial charge in [0.25, 0.3) is 5.69 Å². The number of hydrogen-bond donors (Lipinski definition) is 1. The number of nitro benzene ring substituents is 1. The first-order valence-electron chi connectivity index (χ1n) is 6.74. The summed E-state index contributed by atoms with van der Waals surface area (Å²) in [6.07, 6.45) is 5.08. The van der Waals surface area contributed by atoms with Crippen LogP contribution in [0.25, 0.3) is 0 Å². The van der Waals surface area contributed by atoms with Crippen LogP contribution in [0, 0.1) is 22.0 Å². The zero-order valence-electron chi connectivity index (χ0n) is 11.1. The highest BCUT2D eigenvalue weighted by Crippen LogP contribution is 2.30. The highest BCUT2D eigenvalue weighted by molar-refractivity contribution is 6.33. The Morgan fingerprint density at radius 3 is 2.63 bits per heavy atom. The van der Waals surface area contributed by atoms with Crippen molar-refractivity contribution in [3.05, 3.63) is 33.3 Å². The van der Waals surface area contributed by atoms with Crippen molar-refractivity contribution in [2.45, 2.75) is 32.6 Å². The molecule has 5 heteroatoms. The van der Waals surface area contributed by atoms with Crippen LogP contribution >= 0.6 is 11.6 Å². The first-order chi connectivity index (χ1) is 9.06. The van der Waals surface area contributed by atoms with Crippen molar-refractivity contribution in [1.82, 2.24) is 0 Å². The lowest BCUT2D eigenvalue weighted by atomic mass is 9.83. The number of anilines is 1. The van der Waals surface area contributed by atoms with E-state index in [4.69, 9.17) is 11.6 Å². The van der Waals surface area contributed by atoms with Gasteiger partial charge in [-0.15, -0.1) is 0 Å². The van der Waals surface area contributed by atoms with Crippen molar-refractivity contribution in [2.75, 3.05) is 11.9 Å². The number of rotatable bonds is 4. The number of benzene rings is 1. The van der Waals surface area contributed by atoms with Gasteiger partial charge in [-0.05, 0) is 30.7 Å². The molecule has 1 aliphatic rings. The number of nitrogens with zero attached hydrogens (tertiary/aromatic N) is 1. The second-order valence-corrected chi connectivity index (χ2v) is 5.84. The maximum absolute atomic E-state index is 10.6. The molecule has 1 aliphatic carbocycles. The quantitative estimate of drug-likeness (QED) is 0.654. The Labute approximate surface area is 118 Å². The monoisotopic (exact) mass is 282 g/mol. The van der Waals surface area contributed by atoms with E-state index in [9.17, 15) is 10.1 Å². The fraction of sp³-hybridized carbons (Fsp3) is 0.571. The molecule has 104 valence electrons. The van der Waals surface area contributed by atoms with Gasteiger partial charge in [-0.25, -0.2) is 0 Å². The summed E-state index contributed by atoms with van der Waals surface area (Å²) in [5.41, 5.74) is 0.813. The van der Waals surface area contributed by atoms with Crippen molar-refractivity contribution in [1.29, 1.82) is 0 Å². The average molecular weight is 283 g/mol. The maximum Gasteiger partial charge on any atom is 0.271 e. The lowest BCUT2D eigenvalue weighted by molar-refractivity contribution is -0.384. The number of non-ortho nitro benzene ring substituents is 1. The average Bonchev–Trinajstić information content (AvgIpc) is 2.39. The van der Waals surface area contributed by atoms with Crippen LogP contribution in [0.2, 0.25) is 5.02 Å². The van der Waals surface area contributed by atoms with E-state index >= 15 is 0 Å². The molecule has 1 N–H and O–H groups in total. The normalized spacial score (nSPS) is 23.1. The highest BCUT2D eigenvalue weighted by atomic mass is 35.5. The van der Waals surface area contributed by atoms with Gasteiger partial charge in [0, 0.05) is 18.7 Å². The van der Waals surface area contributed by atoms with Crippen molar-refractivity contribution in [2.24, 2.45) is 11.8 Å². The van der Waals surface area contributed by atoms with Crippen molar-refractivity contribution < 1.29 is 4.92 Å². The molecule has 1 saturated carbocycles. The van der Waals surface area contributed by atoms with Crippen LogP contribution in [0.1, 0.15) is 32.6 Å². The van der Waals surface area contributed by atoms with E-state index in [-0.39, 0.29) is 5.69 Å². The topological polar surface area (TPSA) is 55.2 Å². The number of nitrogens with one attached hydrogen (secondary N) is 1. The van der Waals surface area contributed by atoms with Gasteiger partial charge in [0.15, 0.2) is 0 Å². The summed E-state index contributed by atoms with van der Waals surface area (Å²) in [5.74, 6) is 1.53. The van der Waals surface area contributed by atoms with Gasteiger partial charge in [-0.1, -0.05) is 31.4 Å². The molecule has 0 saturated heterocycles. The zero-order chi connectivity index (χ0) is 13.8. The minimum absolute atomic E-state index is 0.0297. The molecule has 4 nitrogen and oxygen atoms in total. The molecule has 0 aliphatic heterocycles. The van der Waals surface area contributed by atoms with E-state index in [0.717, 1.165) is 18.2 Å². The largest absolute Gasteiger partial charge is 0.384 e. The Balaban J connectivity index is 1.91. The number of halogens is 1. The Morgan fingerprint density at radius 1 is 1.37 bits per heavy atom. The summed E-state index contributed by atoms with van der Waals surface area (Å²) in [5, 5.41) is 14.4. The van der Waals surface area contributed by atoms with Crippen LogP contribution < -0.4 is 5.32 Å². The van der Waals surface area contributed by atoms with Crippen LogP contribution in [-0.2, 0) is 0 Å². The van der Waals surface area contributed by atoms with Gasteiger partial charge in [0.1, 0.15) is 0 Å². The Kier molecular flexibility index (Phi) is 4.64. The molecule has 19 heavy (non-hydrogen) atoms. The lowest BCUT2D eigenvalue weighted by Crippen LogP contribution is -2.20. The highest BCUT2D eigenvalue weighted by Gasteiger charge is 2.18. The first kappa shape index (κ1) is 14.1. The molecule has 0 unspecified atom stereocenters. The SMILES string of the molecule is CC1CCC(CNc2ccc([N+](=O)[O-])cc2Cl)CC1. The molecule has 1 fully saturated rings. The fourth-order valence-electron chi connectivity index (χ4n) is 2.55. The summed E-state index contributed by atoms with van der Waals surface area (Å²) in [7, 11) is 0. The van der Waals surface area contributed by atoms with Crippen molar-refractivity contribution in [3.8, 4) is 0 Å². The third-order valence-electron chi connectivity index (χ3n) is 3.88. The zero-order valence-corrected chi connectivity index (χ0v) is 11.8. The molecule has 1 aromatic rings. The molecular weight excluding hydrogens is 264 g/mol. The van der Waals surface area contributed by atoms with Crippen LogP contribution in [-0.4, -0.2) is 11.5 Å². The molecule has 0 spiro atoms. The summed E-state index contributed by atoms with van der Waals surface area (Å²) in [6.45, 7) is 3.20. The van der Waals surface area contributed by atoms with E-state index in [1.54, 1.807) is 6.07 Å². The Hall–Kier alpha value is -1.29. The Morgan fingerprint density at radius 2 is 2.05 bits per heavy atom. The predicted octanol–water partition coefficient (Wildman–Crippen LogP) is 4.49. The molecule has 2 rings (SSSR count). The van der Waals surface area contributed by atoms with Crippen molar-refractivity contribution >= 4 is 23.0 Å². The molecular formula is C14H19ClN2O2. The molecule has 0 amide bonds. The smallest absolute Gasteiger partial charge is 0.271 e. The van der Waals surface area contributed by atoms with Gasteiger partial charge in [0.2, 0.25) is 0 Å². The second-order valence-electron chi connectivity index (χ2n) is 5.43. The Bertz CT molecular complexity index is 457. The summed E-state index contributed by atoms with van der Waals surface area (Å²) >= 11 is 6.05.